The summed E-state index contributed by atoms with van der Waals surface area (Å²) in [7, 11) is -3.12. The van der Waals surface area contributed by atoms with Gasteiger partial charge in [-0.1, -0.05) is 6.07 Å². The van der Waals surface area contributed by atoms with Gasteiger partial charge in [0.2, 0.25) is 0 Å². The molecule has 17 heavy (non-hydrogen) atoms. The van der Waals surface area contributed by atoms with Gasteiger partial charge in [-0.25, -0.2) is 12.8 Å². The second kappa shape index (κ2) is 5.46. The number of aliphatic hydroxyl groups is 1. The molecule has 0 saturated carbocycles. The van der Waals surface area contributed by atoms with Crippen LogP contribution in [0.4, 0.5) is 4.39 Å². The second-order valence-electron chi connectivity index (χ2n) is 3.84. The standard InChI is InChI=1S/C11H15FO4S/c1-8(13)9-3-4-11(10(12)7-9)16-5-6-17(2,14)15/h3-4,7-8,13H,5-6H2,1-2H3. The minimum Gasteiger partial charge on any atom is -0.489 e. The number of aliphatic hydroxyl groups excluding tert-OH is 1. The molecular weight excluding hydrogens is 247 g/mol. The Morgan fingerprint density at radius 1 is 1.47 bits per heavy atom. The highest BCUT2D eigenvalue weighted by atomic mass is 32.2. The monoisotopic (exact) mass is 262 g/mol. The zero-order valence-electron chi connectivity index (χ0n) is 9.68. The van der Waals surface area contributed by atoms with Gasteiger partial charge in [0.25, 0.3) is 0 Å². The molecule has 1 rings (SSSR count). The molecule has 0 amide bonds. The molecule has 1 aromatic rings. The summed E-state index contributed by atoms with van der Waals surface area (Å²) in [6.45, 7) is 1.43. The molecule has 0 fully saturated rings. The van der Waals surface area contributed by atoms with E-state index in [2.05, 4.69) is 0 Å². The minimum atomic E-state index is -3.12. The molecule has 0 saturated heterocycles. The van der Waals surface area contributed by atoms with Gasteiger partial charge in [0.05, 0.1) is 11.9 Å². The van der Waals surface area contributed by atoms with Crippen molar-refractivity contribution < 1.29 is 22.7 Å². The molecule has 1 unspecified atom stereocenters. The van der Waals surface area contributed by atoms with Gasteiger partial charge in [0.1, 0.15) is 6.61 Å². The number of hydrogen-bond acceptors (Lipinski definition) is 4. The van der Waals surface area contributed by atoms with E-state index in [4.69, 9.17) is 4.74 Å². The third kappa shape index (κ3) is 4.70. The fourth-order valence-corrected chi connectivity index (χ4v) is 1.58. The predicted octanol–water partition coefficient (Wildman–Crippen LogP) is 1.30. The maximum absolute atomic E-state index is 13.4. The number of hydrogen-bond donors (Lipinski definition) is 1. The Hall–Kier alpha value is -1.14. The van der Waals surface area contributed by atoms with Crippen molar-refractivity contribution in [1.29, 1.82) is 0 Å². The summed E-state index contributed by atoms with van der Waals surface area (Å²) in [5.41, 5.74) is 0.443. The van der Waals surface area contributed by atoms with E-state index in [1.165, 1.54) is 25.1 Å². The van der Waals surface area contributed by atoms with Crippen molar-refractivity contribution in [3.8, 4) is 5.75 Å². The zero-order valence-corrected chi connectivity index (χ0v) is 10.5. The van der Waals surface area contributed by atoms with Gasteiger partial charge in [-0.05, 0) is 24.6 Å². The molecule has 0 spiro atoms. The Morgan fingerprint density at radius 2 is 2.12 bits per heavy atom. The lowest BCUT2D eigenvalue weighted by atomic mass is 10.1. The molecule has 4 nitrogen and oxygen atoms in total. The first kappa shape index (κ1) is 13.9. The summed E-state index contributed by atoms with van der Waals surface area (Å²) in [4.78, 5) is 0. The van der Waals surface area contributed by atoms with Gasteiger partial charge in [-0.3, -0.25) is 0 Å². The molecule has 0 radical (unpaired) electrons. The van der Waals surface area contributed by atoms with Gasteiger partial charge in [0, 0.05) is 6.26 Å². The first-order valence-corrected chi connectivity index (χ1v) is 7.13. The van der Waals surface area contributed by atoms with Crippen LogP contribution in [0.15, 0.2) is 18.2 Å². The summed E-state index contributed by atoms with van der Waals surface area (Å²) in [6, 6.07) is 4.07. The van der Waals surface area contributed by atoms with Gasteiger partial charge in [0.15, 0.2) is 21.4 Å². The highest BCUT2D eigenvalue weighted by Crippen LogP contribution is 2.21. The summed E-state index contributed by atoms with van der Waals surface area (Å²) in [6.07, 6.45) is 0.332. The highest BCUT2D eigenvalue weighted by Gasteiger charge is 2.09. The lowest BCUT2D eigenvalue weighted by Crippen LogP contribution is -2.12. The van der Waals surface area contributed by atoms with E-state index in [0.29, 0.717) is 5.56 Å². The number of ether oxygens (including phenoxy) is 1. The lowest BCUT2D eigenvalue weighted by Gasteiger charge is -2.09. The Bertz CT molecular complexity index is 482. The first-order valence-electron chi connectivity index (χ1n) is 5.07. The molecule has 0 aliphatic carbocycles. The molecule has 0 heterocycles. The van der Waals surface area contributed by atoms with Crippen LogP contribution >= 0.6 is 0 Å². The van der Waals surface area contributed by atoms with Gasteiger partial charge < -0.3 is 9.84 Å². The molecule has 6 heteroatoms. The van der Waals surface area contributed by atoms with Crippen molar-refractivity contribution in [3.05, 3.63) is 29.6 Å². The molecule has 0 bridgehead atoms. The topological polar surface area (TPSA) is 63.6 Å². The molecule has 0 aliphatic heterocycles. The third-order valence-corrected chi connectivity index (χ3v) is 3.06. The van der Waals surface area contributed by atoms with Crippen LogP contribution in [0.1, 0.15) is 18.6 Å². The van der Waals surface area contributed by atoms with Crippen LogP contribution in [0.3, 0.4) is 0 Å². The number of halogens is 1. The van der Waals surface area contributed by atoms with E-state index in [0.717, 1.165) is 6.26 Å². The van der Waals surface area contributed by atoms with Crippen LogP contribution in [0.5, 0.6) is 5.75 Å². The molecule has 1 atom stereocenters. The fraction of sp³-hybridized carbons (Fsp3) is 0.455. The quantitative estimate of drug-likeness (QED) is 0.868. The van der Waals surface area contributed by atoms with Crippen molar-refractivity contribution in [3.63, 3.8) is 0 Å². The molecule has 96 valence electrons. The average Bonchev–Trinajstić information content (AvgIpc) is 2.18. The molecular formula is C11H15FO4S. The number of benzene rings is 1. The van der Waals surface area contributed by atoms with Crippen LogP contribution in [-0.2, 0) is 9.84 Å². The zero-order chi connectivity index (χ0) is 13.1. The fourth-order valence-electron chi connectivity index (χ4n) is 1.20. The van der Waals surface area contributed by atoms with Crippen LogP contribution < -0.4 is 4.74 Å². The van der Waals surface area contributed by atoms with Crippen molar-refractivity contribution in [2.24, 2.45) is 0 Å². The van der Waals surface area contributed by atoms with E-state index in [-0.39, 0.29) is 18.1 Å². The summed E-state index contributed by atoms with van der Waals surface area (Å²) in [5.74, 6) is -0.792. The molecule has 0 aliphatic rings. The van der Waals surface area contributed by atoms with Crippen LogP contribution in [-0.4, -0.2) is 32.1 Å². The van der Waals surface area contributed by atoms with Crippen LogP contribution in [0.2, 0.25) is 0 Å². The Balaban J connectivity index is 2.67. The van der Waals surface area contributed by atoms with E-state index < -0.39 is 21.8 Å². The highest BCUT2D eigenvalue weighted by molar-refractivity contribution is 7.90. The molecule has 0 aromatic heterocycles. The summed E-state index contributed by atoms with van der Waals surface area (Å²) in [5, 5.41) is 9.23. The maximum Gasteiger partial charge on any atom is 0.165 e. The Morgan fingerprint density at radius 3 is 2.59 bits per heavy atom. The maximum atomic E-state index is 13.4. The van der Waals surface area contributed by atoms with Crippen molar-refractivity contribution >= 4 is 9.84 Å². The van der Waals surface area contributed by atoms with Crippen molar-refractivity contribution in [2.45, 2.75) is 13.0 Å². The van der Waals surface area contributed by atoms with Crippen molar-refractivity contribution in [1.82, 2.24) is 0 Å². The average molecular weight is 262 g/mol. The van der Waals surface area contributed by atoms with E-state index in [9.17, 15) is 17.9 Å². The largest absolute Gasteiger partial charge is 0.489 e. The molecule has 1 N–H and O–H groups in total. The SMILES string of the molecule is CC(O)c1ccc(OCCS(C)(=O)=O)c(F)c1. The normalized spacial score (nSPS) is 13.4. The number of sulfone groups is 1. The smallest absolute Gasteiger partial charge is 0.165 e. The Labute approximate surface area is 100.0 Å². The van der Waals surface area contributed by atoms with Crippen LogP contribution in [0, 0.1) is 5.82 Å². The van der Waals surface area contributed by atoms with E-state index >= 15 is 0 Å². The third-order valence-electron chi connectivity index (χ3n) is 2.15. The lowest BCUT2D eigenvalue weighted by molar-refractivity contribution is 0.198. The Kier molecular flexibility index (Phi) is 4.47. The molecule has 1 aromatic carbocycles. The number of rotatable bonds is 5. The van der Waals surface area contributed by atoms with E-state index in [1.807, 2.05) is 0 Å². The second-order valence-corrected chi connectivity index (χ2v) is 6.10. The van der Waals surface area contributed by atoms with Gasteiger partial charge >= 0.3 is 0 Å². The van der Waals surface area contributed by atoms with Crippen LogP contribution in [0.25, 0.3) is 0 Å². The first-order chi connectivity index (χ1) is 7.79. The summed E-state index contributed by atoms with van der Waals surface area (Å²) >= 11 is 0. The van der Waals surface area contributed by atoms with Gasteiger partial charge in [-0.15, -0.1) is 0 Å². The minimum absolute atomic E-state index is 0.0157. The predicted molar refractivity (Wildman–Crippen MR) is 62.2 cm³/mol. The van der Waals surface area contributed by atoms with Gasteiger partial charge in [-0.2, -0.15) is 0 Å². The van der Waals surface area contributed by atoms with Crippen molar-refractivity contribution in [2.75, 3.05) is 18.6 Å². The van der Waals surface area contributed by atoms with E-state index in [1.54, 1.807) is 0 Å². The summed E-state index contributed by atoms with van der Waals surface area (Å²) < 4.78 is 40.1.